The Labute approximate surface area is 142 Å². The first-order chi connectivity index (χ1) is 11.0. The van der Waals surface area contributed by atoms with E-state index in [9.17, 15) is 8.78 Å². The van der Waals surface area contributed by atoms with E-state index in [4.69, 9.17) is 4.74 Å². The van der Waals surface area contributed by atoms with Crippen LogP contribution in [0.15, 0.2) is 28.3 Å². The zero-order chi connectivity index (χ0) is 16.8. The quantitative estimate of drug-likeness (QED) is 0.665. The summed E-state index contributed by atoms with van der Waals surface area (Å²) in [7, 11) is 1.48. The van der Waals surface area contributed by atoms with Crippen molar-refractivity contribution in [1.82, 2.24) is 20.2 Å². The second-order valence-corrected chi connectivity index (χ2v) is 7.16. The lowest BCUT2D eigenvalue weighted by Gasteiger charge is -2.10. The van der Waals surface area contributed by atoms with Crippen LogP contribution in [0.5, 0.6) is 5.75 Å². The van der Waals surface area contributed by atoms with E-state index in [1.54, 1.807) is 16.8 Å². The van der Waals surface area contributed by atoms with Gasteiger partial charge < -0.3 is 4.74 Å². The molecular formula is C14H18F2N4OS2. The van der Waals surface area contributed by atoms with E-state index < -0.39 is 5.76 Å². The van der Waals surface area contributed by atoms with Crippen LogP contribution in [0.1, 0.15) is 19.4 Å². The summed E-state index contributed by atoms with van der Waals surface area (Å²) in [5, 5.41) is 12.4. The first-order valence-electron chi connectivity index (χ1n) is 7.00. The van der Waals surface area contributed by atoms with Crippen molar-refractivity contribution < 1.29 is 13.5 Å². The molecule has 0 aliphatic carbocycles. The molecule has 0 N–H and O–H groups in total. The highest BCUT2D eigenvalue weighted by molar-refractivity contribution is 7.99. The normalized spacial score (nSPS) is 11.4. The Morgan fingerprint density at radius 3 is 2.74 bits per heavy atom. The van der Waals surface area contributed by atoms with Gasteiger partial charge in [-0.2, -0.15) is 8.78 Å². The summed E-state index contributed by atoms with van der Waals surface area (Å²) in [6.07, 6.45) is 0. The van der Waals surface area contributed by atoms with Gasteiger partial charge in [0.2, 0.25) is 5.16 Å². The summed E-state index contributed by atoms with van der Waals surface area (Å²) < 4.78 is 32.0. The second-order valence-electron chi connectivity index (χ2n) is 5.19. The molecule has 0 radical (unpaired) electrons. The van der Waals surface area contributed by atoms with Crippen LogP contribution in [0.2, 0.25) is 0 Å². The van der Waals surface area contributed by atoms with Crippen molar-refractivity contribution in [2.75, 3.05) is 7.11 Å². The van der Waals surface area contributed by atoms with Crippen LogP contribution >= 0.6 is 23.5 Å². The van der Waals surface area contributed by atoms with Gasteiger partial charge in [-0.3, -0.25) is 0 Å². The Hall–Kier alpha value is -1.35. The summed E-state index contributed by atoms with van der Waals surface area (Å²) in [5.74, 6) is -0.933. The van der Waals surface area contributed by atoms with Crippen molar-refractivity contribution in [3.63, 3.8) is 0 Å². The predicted octanol–water partition coefficient (Wildman–Crippen LogP) is 3.94. The highest BCUT2D eigenvalue weighted by atomic mass is 32.2. The Morgan fingerprint density at radius 1 is 1.30 bits per heavy atom. The minimum absolute atomic E-state index is 0.431. The lowest BCUT2D eigenvalue weighted by molar-refractivity contribution is 0.251. The second kappa shape index (κ2) is 8.49. The molecular weight excluding hydrogens is 342 g/mol. The molecule has 0 unspecified atom stereocenters. The number of hydrogen-bond acceptors (Lipinski definition) is 6. The molecule has 23 heavy (non-hydrogen) atoms. The van der Waals surface area contributed by atoms with E-state index in [1.165, 1.54) is 18.9 Å². The first-order valence-corrected chi connectivity index (χ1v) is 8.86. The number of tetrazole rings is 1. The minimum atomic E-state index is -2.47. The third-order valence-electron chi connectivity index (χ3n) is 2.85. The highest BCUT2D eigenvalue weighted by Crippen LogP contribution is 2.35. The third-order valence-corrected chi connectivity index (χ3v) is 4.65. The predicted molar refractivity (Wildman–Crippen MR) is 87.1 cm³/mol. The molecule has 0 spiro atoms. The third kappa shape index (κ3) is 5.35. The molecule has 5 nitrogen and oxygen atoms in total. The summed E-state index contributed by atoms with van der Waals surface area (Å²) in [5.41, 5.74) is 0.963. The highest BCUT2D eigenvalue weighted by Gasteiger charge is 2.13. The number of alkyl halides is 2. The molecule has 2 rings (SSSR count). The zero-order valence-corrected chi connectivity index (χ0v) is 14.7. The molecule has 0 bridgehead atoms. The van der Waals surface area contributed by atoms with E-state index >= 15 is 0 Å². The summed E-state index contributed by atoms with van der Waals surface area (Å²) in [6.45, 7) is 4.95. The van der Waals surface area contributed by atoms with Crippen LogP contribution in [-0.4, -0.2) is 33.1 Å². The molecule has 126 valence electrons. The number of benzene rings is 1. The van der Waals surface area contributed by atoms with Crippen molar-refractivity contribution >= 4 is 23.5 Å². The average molecular weight is 360 g/mol. The van der Waals surface area contributed by atoms with Gasteiger partial charge in [-0.15, -0.1) is 5.10 Å². The SMILES string of the molecule is COc1cc(CSc2nnnn2CC(C)C)ccc1SC(F)F. The Balaban J connectivity index is 2.05. The van der Waals surface area contributed by atoms with Crippen LogP contribution in [0.25, 0.3) is 0 Å². The number of aromatic nitrogens is 4. The minimum Gasteiger partial charge on any atom is -0.496 e. The van der Waals surface area contributed by atoms with Crippen molar-refractivity contribution in [2.45, 2.75) is 42.0 Å². The van der Waals surface area contributed by atoms with Gasteiger partial charge >= 0.3 is 0 Å². The van der Waals surface area contributed by atoms with Gasteiger partial charge in [-0.1, -0.05) is 43.4 Å². The maximum absolute atomic E-state index is 12.5. The van der Waals surface area contributed by atoms with Gasteiger partial charge in [0.1, 0.15) is 5.75 Å². The van der Waals surface area contributed by atoms with Crippen molar-refractivity contribution in [3.05, 3.63) is 23.8 Å². The van der Waals surface area contributed by atoms with Crippen LogP contribution < -0.4 is 4.74 Å². The fourth-order valence-corrected chi connectivity index (χ4v) is 3.33. The molecule has 1 aromatic carbocycles. The van der Waals surface area contributed by atoms with Gasteiger partial charge in [0, 0.05) is 12.3 Å². The smallest absolute Gasteiger partial charge is 0.289 e. The van der Waals surface area contributed by atoms with Gasteiger partial charge in [0.25, 0.3) is 5.76 Å². The van der Waals surface area contributed by atoms with E-state index in [0.717, 1.165) is 17.3 Å². The van der Waals surface area contributed by atoms with E-state index in [-0.39, 0.29) is 0 Å². The van der Waals surface area contributed by atoms with Gasteiger partial charge in [0.05, 0.1) is 12.0 Å². The van der Waals surface area contributed by atoms with Crippen molar-refractivity contribution in [1.29, 1.82) is 0 Å². The molecule has 0 saturated heterocycles. The molecule has 0 aliphatic heterocycles. The van der Waals surface area contributed by atoms with Gasteiger partial charge in [-0.05, 0) is 34.0 Å². The number of hydrogen-bond donors (Lipinski definition) is 0. The average Bonchev–Trinajstić information content (AvgIpc) is 2.92. The molecule has 0 aliphatic rings. The zero-order valence-electron chi connectivity index (χ0n) is 13.1. The number of halogens is 2. The number of methoxy groups -OCH3 is 1. The first kappa shape index (κ1) is 18.0. The molecule has 0 saturated carbocycles. The molecule has 1 aromatic heterocycles. The van der Waals surface area contributed by atoms with E-state index in [2.05, 4.69) is 29.4 Å². The van der Waals surface area contributed by atoms with Gasteiger partial charge in [-0.25, -0.2) is 4.68 Å². The monoisotopic (exact) mass is 360 g/mol. The summed E-state index contributed by atoms with van der Waals surface area (Å²) in [6, 6.07) is 5.24. The fraction of sp³-hybridized carbons (Fsp3) is 0.500. The summed E-state index contributed by atoms with van der Waals surface area (Å²) in [4.78, 5) is 0.431. The Bertz CT molecular complexity index is 637. The lowest BCUT2D eigenvalue weighted by atomic mass is 10.2. The van der Waals surface area contributed by atoms with Crippen LogP contribution in [0.3, 0.4) is 0 Å². The number of nitrogens with zero attached hydrogens (tertiary/aromatic N) is 4. The maximum Gasteiger partial charge on any atom is 0.289 e. The Kier molecular flexibility index (Phi) is 6.64. The van der Waals surface area contributed by atoms with E-state index in [0.29, 0.717) is 34.1 Å². The number of rotatable bonds is 8. The Morgan fingerprint density at radius 2 is 2.09 bits per heavy atom. The maximum atomic E-state index is 12.5. The lowest BCUT2D eigenvalue weighted by Crippen LogP contribution is -2.07. The van der Waals surface area contributed by atoms with Crippen LogP contribution in [0, 0.1) is 5.92 Å². The van der Waals surface area contributed by atoms with Crippen molar-refractivity contribution in [2.24, 2.45) is 5.92 Å². The van der Waals surface area contributed by atoms with Gasteiger partial charge in [0.15, 0.2) is 0 Å². The summed E-state index contributed by atoms with van der Waals surface area (Å²) >= 11 is 1.99. The van der Waals surface area contributed by atoms with Crippen LogP contribution in [0.4, 0.5) is 8.78 Å². The standard InChI is InChI=1S/C14H18F2N4OS2/c1-9(2)7-20-14(17-18-19-20)22-8-10-4-5-12(23-13(15)16)11(6-10)21-3/h4-6,9,13H,7-8H2,1-3H3. The molecule has 1 heterocycles. The molecule has 9 heteroatoms. The number of ether oxygens (including phenoxy) is 1. The largest absolute Gasteiger partial charge is 0.496 e. The molecule has 0 atom stereocenters. The molecule has 2 aromatic rings. The number of thioether (sulfide) groups is 2. The fourth-order valence-electron chi connectivity index (χ4n) is 1.90. The van der Waals surface area contributed by atoms with Crippen molar-refractivity contribution in [3.8, 4) is 5.75 Å². The topological polar surface area (TPSA) is 52.8 Å². The molecule has 0 fully saturated rings. The van der Waals surface area contributed by atoms with E-state index in [1.807, 2.05) is 6.07 Å². The van der Waals surface area contributed by atoms with Crippen LogP contribution in [-0.2, 0) is 12.3 Å². The molecule has 0 amide bonds.